The van der Waals surface area contributed by atoms with E-state index in [9.17, 15) is 10.5 Å². The molecule has 1 aliphatic carbocycles. The van der Waals surface area contributed by atoms with Crippen molar-refractivity contribution in [3.05, 3.63) is 167 Å². The molecule has 0 atom stereocenters. The van der Waals surface area contributed by atoms with Gasteiger partial charge in [-0.25, -0.2) is 0 Å². The van der Waals surface area contributed by atoms with E-state index < -0.39 is 5.41 Å². The van der Waals surface area contributed by atoms with Crippen molar-refractivity contribution in [3.8, 4) is 34.5 Å². The SMILES string of the molecule is C=C/C(C#N)=C\Cc1ccc2c(c1)-c1cc(-c3cc(C#N)c[nH]3)ccc1C2(c1ccccc1)c1ccccc1. The number of hydrogen-bond acceptors (Lipinski definition) is 2. The maximum atomic E-state index is 9.36. The molecule has 39 heavy (non-hydrogen) atoms. The Bertz CT molecular complexity index is 1770. The summed E-state index contributed by atoms with van der Waals surface area (Å²) in [6.45, 7) is 3.75. The highest BCUT2D eigenvalue weighted by Crippen LogP contribution is 2.56. The Morgan fingerprint density at radius 2 is 1.44 bits per heavy atom. The van der Waals surface area contributed by atoms with E-state index in [0.717, 1.165) is 16.8 Å². The van der Waals surface area contributed by atoms with E-state index in [1.54, 1.807) is 12.3 Å². The predicted molar refractivity (Wildman–Crippen MR) is 156 cm³/mol. The molecule has 0 fully saturated rings. The highest BCUT2D eigenvalue weighted by Gasteiger charge is 2.46. The van der Waals surface area contributed by atoms with Crippen molar-refractivity contribution in [2.24, 2.45) is 0 Å². The number of allylic oxidation sites excluding steroid dienone is 3. The van der Waals surface area contributed by atoms with Crippen LogP contribution in [0.1, 0.15) is 33.4 Å². The molecule has 5 aromatic rings. The van der Waals surface area contributed by atoms with Gasteiger partial charge in [0.15, 0.2) is 0 Å². The van der Waals surface area contributed by atoms with Gasteiger partial charge < -0.3 is 4.98 Å². The molecule has 0 saturated heterocycles. The molecular formula is C36H25N3. The van der Waals surface area contributed by atoms with Gasteiger partial charge in [0.25, 0.3) is 0 Å². The second-order valence-corrected chi connectivity index (χ2v) is 9.72. The van der Waals surface area contributed by atoms with Crippen molar-refractivity contribution in [1.29, 1.82) is 10.5 Å². The topological polar surface area (TPSA) is 63.4 Å². The van der Waals surface area contributed by atoms with Gasteiger partial charge in [0.05, 0.1) is 17.0 Å². The molecule has 0 amide bonds. The number of nitrogens with zero attached hydrogens (tertiary/aromatic N) is 2. The Balaban J connectivity index is 1.64. The van der Waals surface area contributed by atoms with Gasteiger partial charge in [0.1, 0.15) is 6.07 Å². The zero-order valence-corrected chi connectivity index (χ0v) is 21.4. The van der Waals surface area contributed by atoms with Crippen molar-refractivity contribution in [2.75, 3.05) is 0 Å². The van der Waals surface area contributed by atoms with E-state index in [2.05, 4.69) is 121 Å². The summed E-state index contributed by atoms with van der Waals surface area (Å²) in [4.78, 5) is 3.26. The van der Waals surface area contributed by atoms with E-state index in [-0.39, 0.29) is 0 Å². The van der Waals surface area contributed by atoms with Crippen LogP contribution in [0.5, 0.6) is 0 Å². The van der Waals surface area contributed by atoms with E-state index in [1.165, 1.54) is 33.4 Å². The number of rotatable bonds is 6. The second kappa shape index (κ2) is 9.82. The Morgan fingerprint density at radius 1 is 0.795 bits per heavy atom. The van der Waals surface area contributed by atoms with Gasteiger partial charge in [-0.1, -0.05) is 110 Å². The summed E-state index contributed by atoms with van der Waals surface area (Å²) in [5, 5.41) is 18.7. The standard InChI is InChI=1S/C36H25N3/c1-2-25(22-37)13-14-26-15-17-33-31(19-26)32-21-28(35-20-27(23-38)24-39-35)16-18-34(32)36(33,29-9-5-3-6-10-29)30-11-7-4-8-12-30/h2-13,15-21,24,39H,1,14H2/b25-13+. The molecule has 0 spiro atoms. The van der Waals surface area contributed by atoms with Crippen LogP contribution in [0, 0.1) is 22.7 Å². The summed E-state index contributed by atoms with van der Waals surface area (Å²) in [6.07, 6.45) is 5.90. The second-order valence-electron chi connectivity index (χ2n) is 9.72. The zero-order valence-electron chi connectivity index (χ0n) is 21.4. The Kier molecular flexibility index (Phi) is 6.04. The van der Waals surface area contributed by atoms with Crippen molar-refractivity contribution in [3.63, 3.8) is 0 Å². The number of nitriles is 2. The van der Waals surface area contributed by atoms with Gasteiger partial charge >= 0.3 is 0 Å². The molecular weight excluding hydrogens is 474 g/mol. The van der Waals surface area contributed by atoms with E-state index in [0.29, 0.717) is 17.6 Å². The zero-order chi connectivity index (χ0) is 26.8. The molecule has 1 aliphatic rings. The van der Waals surface area contributed by atoms with Gasteiger partial charge in [0, 0.05) is 17.5 Å². The fraction of sp³-hybridized carbons (Fsp3) is 0.0556. The summed E-state index contributed by atoms with van der Waals surface area (Å²) < 4.78 is 0. The largest absolute Gasteiger partial charge is 0.360 e. The Labute approximate surface area is 228 Å². The fourth-order valence-corrected chi connectivity index (χ4v) is 5.87. The van der Waals surface area contributed by atoms with Crippen LogP contribution in [0.15, 0.2) is 134 Å². The highest BCUT2D eigenvalue weighted by atomic mass is 14.7. The van der Waals surface area contributed by atoms with Crippen LogP contribution >= 0.6 is 0 Å². The minimum absolute atomic E-state index is 0.480. The fourth-order valence-electron chi connectivity index (χ4n) is 5.87. The lowest BCUT2D eigenvalue weighted by Gasteiger charge is -2.34. The first kappa shape index (κ1) is 24.0. The number of H-pyrrole nitrogens is 1. The number of nitrogens with one attached hydrogen (secondary N) is 1. The normalized spacial score (nSPS) is 13.1. The van der Waals surface area contributed by atoms with Crippen LogP contribution in [0.25, 0.3) is 22.4 Å². The van der Waals surface area contributed by atoms with Crippen LogP contribution in [-0.4, -0.2) is 4.98 Å². The van der Waals surface area contributed by atoms with Gasteiger partial charge in [-0.05, 0) is 63.1 Å². The van der Waals surface area contributed by atoms with Gasteiger partial charge in [-0.2, -0.15) is 10.5 Å². The predicted octanol–water partition coefficient (Wildman–Crippen LogP) is 8.09. The number of aromatic amines is 1. The number of fused-ring (bicyclic) bond motifs is 3. The lowest BCUT2D eigenvalue weighted by Crippen LogP contribution is -2.28. The van der Waals surface area contributed by atoms with Crippen LogP contribution < -0.4 is 0 Å². The average molecular weight is 500 g/mol. The Morgan fingerprint density at radius 3 is 2.03 bits per heavy atom. The first-order chi connectivity index (χ1) is 19.2. The van der Waals surface area contributed by atoms with Gasteiger partial charge in [-0.3, -0.25) is 0 Å². The summed E-state index contributed by atoms with van der Waals surface area (Å²) in [5.74, 6) is 0. The van der Waals surface area contributed by atoms with Crippen LogP contribution in [0.2, 0.25) is 0 Å². The molecule has 4 aromatic carbocycles. The molecule has 0 saturated carbocycles. The third-order valence-electron chi connectivity index (χ3n) is 7.65. The van der Waals surface area contributed by atoms with Crippen molar-refractivity contribution in [2.45, 2.75) is 11.8 Å². The minimum Gasteiger partial charge on any atom is -0.360 e. The number of benzene rings is 4. The third kappa shape index (κ3) is 3.89. The molecule has 3 nitrogen and oxygen atoms in total. The lowest BCUT2D eigenvalue weighted by atomic mass is 9.67. The average Bonchev–Trinajstić information content (AvgIpc) is 3.60. The molecule has 6 rings (SSSR count). The quantitative estimate of drug-likeness (QED) is 0.186. The van der Waals surface area contributed by atoms with Crippen molar-refractivity contribution < 1.29 is 0 Å². The molecule has 0 radical (unpaired) electrons. The number of hydrogen-bond donors (Lipinski definition) is 1. The van der Waals surface area contributed by atoms with E-state index in [4.69, 9.17) is 0 Å². The lowest BCUT2D eigenvalue weighted by molar-refractivity contribution is 0.768. The highest BCUT2D eigenvalue weighted by molar-refractivity contribution is 5.89. The van der Waals surface area contributed by atoms with Crippen LogP contribution in [-0.2, 0) is 11.8 Å². The first-order valence-corrected chi connectivity index (χ1v) is 12.9. The van der Waals surface area contributed by atoms with Gasteiger partial charge in [-0.15, -0.1) is 0 Å². The minimum atomic E-state index is -0.480. The molecule has 184 valence electrons. The molecule has 1 heterocycles. The van der Waals surface area contributed by atoms with Crippen molar-refractivity contribution in [1.82, 2.24) is 4.98 Å². The van der Waals surface area contributed by atoms with Crippen LogP contribution in [0.3, 0.4) is 0 Å². The monoisotopic (exact) mass is 499 g/mol. The van der Waals surface area contributed by atoms with Crippen molar-refractivity contribution >= 4 is 0 Å². The third-order valence-corrected chi connectivity index (χ3v) is 7.65. The molecule has 3 heteroatoms. The maximum Gasteiger partial charge on any atom is 0.101 e. The molecule has 0 aliphatic heterocycles. The maximum absolute atomic E-state index is 9.36. The molecule has 0 unspecified atom stereocenters. The summed E-state index contributed by atoms with van der Waals surface area (Å²) in [6, 6.07) is 41.0. The smallest absolute Gasteiger partial charge is 0.101 e. The molecule has 1 N–H and O–H groups in total. The summed E-state index contributed by atoms with van der Waals surface area (Å²) in [5.41, 5.74) is 11.0. The molecule has 0 bridgehead atoms. The first-order valence-electron chi connectivity index (χ1n) is 12.9. The van der Waals surface area contributed by atoms with E-state index in [1.807, 2.05) is 12.1 Å². The van der Waals surface area contributed by atoms with Gasteiger partial charge in [0.2, 0.25) is 0 Å². The van der Waals surface area contributed by atoms with Crippen LogP contribution in [0.4, 0.5) is 0 Å². The summed E-state index contributed by atoms with van der Waals surface area (Å²) >= 11 is 0. The molecule has 1 aromatic heterocycles. The van der Waals surface area contributed by atoms with E-state index >= 15 is 0 Å². The number of aromatic nitrogens is 1. The Hall–Kier alpha value is -5.38. The summed E-state index contributed by atoms with van der Waals surface area (Å²) in [7, 11) is 0.